The molecule has 1 aliphatic carbocycles. The van der Waals surface area contributed by atoms with E-state index in [1.54, 1.807) is 18.2 Å². The van der Waals surface area contributed by atoms with E-state index in [2.05, 4.69) is 0 Å². The van der Waals surface area contributed by atoms with Crippen molar-refractivity contribution in [3.63, 3.8) is 0 Å². The number of ether oxygens (including phenoxy) is 2. The van der Waals surface area contributed by atoms with Crippen molar-refractivity contribution in [2.45, 2.75) is 18.8 Å². The molecule has 0 saturated carbocycles. The molecule has 24 heavy (non-hydrogen) atoms. The van der Waals surface area contributed by atoms with Crippen LogP contribution in [0.5, 0.6) is 0 Å². The van der Waals surface area contributed by atoms with Gasteiger partial charge in [-0.1, -0.05) is 36.4 Å². The number of hydrogen-bond acceptors (Lipinski definition) is 6. The average Bonchev–Trinajstić information content (AvgIpc) is 2.57. The van der Waals surface area contributed by atoms with E-state index < -0.39 is 34.7 Å². The average molecular weight is 333 g/mol. The zero-order chi connectivity index (χ0) is 17.7. The predicted octanol–water partition coefficient (Wildman–Crippen LogP) is 1.88. The van der Waals surface area contributed by atoms with Crippen molar-refractivity contribution >= 4 is 11.9 Å². The number of fused-ring (bicyclic) bond motifs is 1. The Morgan fingerprint density at radius 1 is 1.21 bits per heavy atom. The first-order valence-corrected chi connectivity index (χ1v) is 7.48. The van der Waals surface area contributed by atoms with Gasteiger partial charge in [0.05, 0.1) is 20.1 Å². The van der Waals surface area contributed by atoms with Gasteiger partial charge in [-0.25, -0.2) is 0 Å². The van der Waals surface area contributed by atoms with Crippen molar-refractivity contribution in [3.8, 4) is 0 Å². The molecular formula is C17H19NO6. The SMILES string of the molecule is COC(=O)C1(C(=O)OC)CC=CCc2ccccc2[C@H]1C[N+](=O)[O-]. The summed E-state index contributed by atoms with van der Waals surface area (Å²) in [6.07, 6.45) is 4.07. The quantitative estimate of drug-likeness (QED) is 0.274. The minimum Gasteiger partial charge on any atom is -0.468 e. The van der Waals surface area contributed by atoms with Gasteiger partial charge in [-0.3, -0.25) is 19.7 Å². The minimum atomic E-state index is -1.79. The molecule has 128 valence electrons. The van der Waals surface area contributed by atoms with Crippen LogP contribution in [0, 0.1) is 15.5 Å². The van der Waals surface area contributed by atoms with Crippen molar-refractivity contribution in [2.24, 2.45) is 5.41 Å². The van der Waals surface area contributed by atoms with Crippen molar-refractivity contribution in [1.82, 2.24) is 0 Å². The molecule has 1 aromatic carbocycles. The van der Waals surface area contributed by atoms with Crippen molar-refractivity contribution in [3.05, 3.63) is 57.7 Å². The molecule has 0 spiro atoms. The molecule has 1 aliphatic rings. The van der Waals surface area contributed by atoms with E-state index in [0.29, 0.717) is 12.0 Å². The molecule has 0 saturated heterocycles. The van der Waals surface area contributed by atoms with E-state index in [9.17, 15) is 19.7 Å². The van der Waals surface area contributed by atoms with Gasteiger partial charge in [0.25, 0.3) is 0 Å². The standard InChI is InChI=1S/C17H19NO6/c1-23-15(19)17(16(20)24-2)10-6-5-8-12-7-3-4-9-13(12)14(17)11-18(21)22/h3-7,9,14H,8,10-11H2,1-2H3/t14-/m1/s1. The van der Waals surface area contributed by atoms with Gasteiger partial charge in [0.15, 0.2) is 5.41 Å². The summed E-state index contributed by atoms with van der Waals surface area (Å²) in [4.78, 5) is 35.9. The summed E-state index contributed by atoms with van der Waals surface area (Å²) in [7, 11) is 2.31. The number of rotatable bonds is 4. The van der Waals surface area contributed by atoms with Gasteiger partial charge < -0.3 is 9.47 Å². The fourth-order valence-corrected chi connectivity index (χ4v) is 3.25. The molecule has 0 aliphatic heterocycles. The van der Waals surface area contributed by atoms with Gasteiger partial charge in [0.2, 0.25) is 6.54 Å². The number of benzene rings is 1. The van der Waals surface area contributed by atoms with Crippen LogP contribution in [0.3, 0.4) is 0 Å². The van der Waals surface area contributed by atoms with Crippen LogP contribution in [0.1, 0.15) is 23.5 Å². The third-order valence-corrected chi connectivity index (χ3v) is 4.40. The molecule has 0 fully saturated rings. The Morgan fingerprint density at radius 3 is 2.42 bits per heavy atom. The summed E-state index contributed by atoms with van der Waals surface area (Å²) < 4.78 is 9.69. The van der Waals surface area contributed by atoms with Gasteiger partial charge in [0, 0.05) is 4.92 Å². The van der Waals surface area contributed by atoms with Crippen molar-refractivity contribution in [1.29, 1.82) is 0 Å². The Labute approximate surface area is 139 Å². The largest absolute Gasteiger partial charge is 0.468 e. The summed E-state index contributed by atoms with van der Waals surface area (Å²) in [5, 5.41) is 11.3. The van der Waals surface area contributed by atoms with E-state index in [0.717, 1.165) is 19.8 Å². The van der Waals surface area contributed by atoms with Crippen LogP contribution in [-0.2, 0) is 25.5 Å². The Kier molecular flexibility index (Phi) is 5.33. The number of esters is 2. The number of nitro groups is 1. The second kappa shape index (κ2) is 7.25. The lowest BCUT2D eigenvalue weighted by Gasteiger charge is -2.35. The summed E-state index contributed by atoms with van der Waals surface area (Å²) >= 11 is 0. The maximum Gasteiger partial charge on any atom is 0.324 e. The maximum atomic E-state index is 12.6. The highest BCUT2D eigenvalue weighted by atomic mass is 16.6. The van der Waals surface area contributed by atoms with Crippen LogP contribution in [0.2, 0.25) is 0 Å². The highest BCUT2D eigenvalue weighted by Gasteiger charge is 2.56. The smallest absolute Gasteiger partial charge is 0.324 e. The number of hydrogen-bond donors (Lipinski definition) is 0. The molecule has 0 N–H and O–H groups in total. The molecule has 0 aromatic heterocycles. The van der Waals surface area contributed by atoms with Gasteiger partial charge in [-0.15, -0.1) is 0 Å². The second-order valence-corrected chi connectivity index (χ2v) is 5.60. The van der Waals surface area contributed by atoms with Gasteiger partial charge in [-0.05, 0) is 24.0 Å². The Balaban J connectivity index is 2.74. The lowest BCUT2D eigenvalue weighted by Crippen LogP contribution is -2.48. The van der Waals surface area contributed by atoms with Crippen molar-refractivity contribution in [2.75, 3.05) is 20.8 Å². The third-order valence-electron chi connectivity index (χ3n) is 4.40. The van der Waals surface area contributed by atoms with Crippen molar-refractivity contribution < 1.29 is 24.0 Å². The molecule has 0 unspecified atom stereocenters. The van der Waals surface area contributed by atoms with E-state index in [4.69, 9.17) is 9.47 Å². The lowest BCUT2D eigenvalue weighted by molar-refractivity contribution is -0.485. The van der Waals surface area contributed by atoms with Crippen LogP contribution < -0.4 is 0 Å². The summed E-state index contributed by atoms with van der Waals surface area (Å²) in [5.41, 5.74) is -0.365. The molecule has 7 nitrogen and oxygen atoms in total. The first-order valence-electron chi connectivity index (χ1n) is 7.48. The second-order valence-electron chi connectivity index (χ2n) is 5.60. The number of allylic oxidation sites excluding steroid dienone is 2. The number of methoxy groups -OCH3 is 2. The zero-order valence-corrected chi connectivity index (χ0v) is 13.6. The number of carbonyl (C=O) groups excluding carboxylic acids is 2. The van der Waals surface area contributed by atoms with Crippen LogP contribution in [0.4, 0.5) is 0 Å². The Morgan fingerprint density at radius 2 is 1.83 bits per heavy atom. The maximum absolute atomic E-state index is 12.6. The third kappa shape index (κ3) is 3.02. The molecule has 1 atom stereocenters. The molecule has 0 heterocycles. The highest BCUT2D eigenvalue weighted by Crippen LogP contribution is 2.44. The molecular weight excluding hydrogens is 314 g/mol. The molecule has 7 heteroatoms. The first-order chi connectivity index (χ1) is 11.5. The highest BCUT2D eigenvalue weighted by molar-refractivity contribution is 6.01. The van der Waals surface area contributed by atoms with E-state index >= 15 is 0 Å². The summed E-state index contributed by atoms with van der Waals surface area (Å²) in [6.45, 7) is -0.574. The van der Waals surface area contributed by atoms with Crippen LogP contribution >= 0.6 is 0 Å². The fourth-order valence-electron chi connectivity index (χ4n) is 3.25. The van der Waals surface area contributed by atoms with Gasteiger partial charge in [-0.2, -0.15) is 0 Å². The molecule has 0 radical (unpaired) electrons. The summed E-state index contributed by atoms with van der Waals surface area (Å²) in [6, 6.07) is 7.09. The van der Waals surface area contributed by atoms with E-state index in [1.165, 1.54) is 0 Å². The minimum absolute atomic E-state index is 0.0147. The van der Waals surface area contributed by atoms with Crippen LogP contribution in [-0.4, -0.2) is 37.6 Å². The Hall–Kier alpha value is -2.70. The number of nitrogens with zero attached hydrogens (tertiary/aromatic N) is 1. The van der Waals surface area contributed by atoms with Gasteiger partial charge >= 0.3 is 11.9 Å². The van der Waals surface area contributed by atoms with Gasteiger partial charge in [0.1, 0.15) is 0 Å². The van der Waals surface area contributed by atoms with E-state index in [1.807, 2.05) is 18.2 Å². The normalized spacial score (nSPS) is 18.7. The first kappa shape index (κ1) is 17.7. The Bertz CT molecular complexity index is 665. The topological polar surface area (TPSA) is 95.7 Å². The van der Waals surface area contributed by atoms with Crippen LogP contribution in [0.15, 0.2) is 36.4 Å². The zero-order valence-electron chi connectivity index (χ0n) is 13.6. The lowest BCUT2D eigenvalue weighted by atomic mass is 9.67. The molecule has 2 rings (SSSR count). The fraction of sp³-hybridized carbons (Fsp3) is 0.412. The summed E-state index contributed by atoms with van der Waals surface area (Å²) in [5.74, 6) is -2.64. The van der Waals surface area contributed by atoms with E-state index in [-0.39, 0.29) is 6.42 Å². The molecule has 0 bridgehead atoms. The molecule has 0 amide bonds. The monoisotopic (exact) mass is 333 g/mol. The van der Waals surface area contributed by atoms with Crippen LogP contribution in [0.25, 0.3) is 0 Å². The number of carbonyl (C=O) groups is 2. The predicted molar refractivity (Wildman–Crippen MR) is 85.0 cm³/mol. The molecule has 1 aromatic rings.